The smallest absolute Gasteiger partial charge is 0.297 e. The van der Waals surface area contributed by atoms with Gasteiger partial charge in [-0.15, -0.1) is 0 Å². The van der Waals surface area contributed by atoms with E-state index in [0.717, 1.165) is 43.3 Å². The topological polar surface area (TPSA) is 44.5 Å². The van der Waals surface area contributed by atoms with Crippen LogP contribution in [0, 0.1) is 5.92 Å². The maximum atomic E-state index is 5.64. The Kier molecular flexibility index (Phi) is 4.27. The van der Waals surface area contributed by atoms with E-state index in [1.54, 1.807) is 6.26 Å². The van der Waals surface area contributed by atoms with Gasteiger partial charge in [0, 0.05) is 32.2 Å². The van der Waals surface area contributed by atoms with E-state index in [4.69, 9.17) is 4.42 Å². The van der Waals surface area contributed by atoms with Crippen LogP contribution in [0.1, 0.15) is 31.4 Å². The van der Waals surface area contributed by atoms with E-state index < -0.39 is 0 Å². The zero-order valence-electron chi connectivity index (χ0n) is 12.6. The number of aromatic nitrogens is 1. The number of hydrogen-bond acceptors (Lipinski definition) is 5. The van der Waals surface area contributed by atoms with Gasteiger partial charge in [0.05, 0.1) is 5.69 Å². The molecule has 20 heavy (non-hydrogen) atoms. The Bertz CT molecular complexity index is 419. The fourth-order valence-corrected chi connectivity index (χ4v) is 2.88. The quantitative estimate of drug-likeness (QED) is 0.858. The maximum absolute atomic E-state index is 5.64. The highest BCUT2D eigenvalue weighted by atomic mass is 16.4. The first-order valence-electron chi connectivity index (χ1n) is 7.78. The molecular formula is C15H26N4O. The van der Waals surface area contributed by atoms with Crippen LogP contribution in [0.3, 0.4) is 0 Å². The largest absolute Gasteiger partial charge is 0.432 e. The van der Waals surface area contributed by atoms with E-state index in [0.29, 0.717) is 0 Å². The van der Waals surface area contributed by atoms with Crippen LogP contribution in [0.5, 0.6) is 0 Å². The molecule has 1 aromatic heterocycles. The van der Waals surface area contributed by atoms with Crippen molar-refractivity contribution in [2.45, 2.75) is 38.3 Å². The predicted octanol–water partition coefficient (Wildman–Crippen LogP) is 1.70. The second-order valence-corrected chi connectivity index (χ2v) is 6.47. The molecule has 5 nitrogen and oxygen atoms in total. The van der Waals surface area contributed by atoms with Gasteiger partial charge in [-0.2, -0.15) is 4.98 Å². The van der Waals surface area contributed by atoms with Crippen molar-refractivity contribution < 1.29 is 4.42 Å². The lowest BCUT2D eigenvalue weighted by atomic mass is 9.97. The van der Waals surface area contributed by atoms with Crippen molar-refractivity contribution in [1.82, 2.24) is 15.2 Å². The van der Waals surface area contributed by atoms with Gasteiger partial charge in [-0.05, 0) is 45.7 Å². The molecule has 0 amide bonds. The van der Waals surface area contributed by atoms with Gasteiger partial charge in [-0.3, -0.25) is 0 Å². The molecule has 1 N–H and O–H groups in total. The van der Waals surface area contributed by atoms with Crippen LogP contribution in [0.4, 0.5) is 6.01 Å². The lowest BCUT2D eigenvalue weighted by molar-refractivity contribution is 0.281. The number of nitrogens with one attached hydrogen (secondary N) is 1. The Morgan fingerprint density at radius 3 is 2.70 bits per heavy atom. The molecule has 1 saturated heterocycles. The maximum Gasteiger partial charge on any atom is 0.297 e. The van der Waals surface area contributed by atoms with Crippen molar-refractivity contribution in [3.8, 4) is 0 Å². The minimum Gasteiger partial charge on any atom is -0.432 e. The number of piperidine rings is 1. The number of anilines is 1. The molecule has 2 aliphatic rings. The van der Waals surface area contributed by atoms with Crippen molar-refractivity contribution in [2.24, 2.45) is 5.92 Å². The molecule has 1 aromatic rings. The van der Waals surface area contributed by atoms with E-state index in [2.05, 4.69) is 34.2 Å². The zero-order chi connectivity index (χ0) is 13.9. The molecule has 0 unspecified atom stereocenters. The summed E-state index contributed by atoms with van der Waals surface area (Å²) in [7, 11) is 4.30. The van der Waals surface area contributed by atoms with Crippen LogP contribution in [0.15, 0.2) is 10.7 Å². The molecule has 2 heterocycles. The summed E-state index contributed by atoms with van der Waals surface area (Å²) < 4.78 is 5.64. The summed E-state index contributed by atoms with van der Waals surface area (Å²) in [6.07, 6.45) is 6.89. The minimum atomic E-state index is 0.719. The standard InChI is InChI=1S/C15H26N4O/c1-18(2)10-12-5-7-19(8-6-12)15-17-14(11-20-15)9-16-13-3-4-13/h11-13,16H,3-10H2,1-2H3. The summed E-state index contributed by atoms with van der Waals surface area (Å²) in [4.78, 5) is 9.18. The van der Waals surface area contributed by atoms with E-state index in [9.17, 15) is 0 Å². The van der Waals surface area contributed by atoms with Gasteiger partial charge < -0.3 is 19.5 Å². The Morgan fingerprint density at radius 1 is 1.30 bits per heavy atom. The third-order valence-corrected chi connectivity index (χ3v) is 4.20. The van der Waals surface area contributed by atoms with E-state index in [1.165, 1.54) is 32.2 Å². The lowest BCUT2D eigenvalue weighted by Crippen LogP contribution is -2.37. The van der Waals surface area contributed by atoms with Crippen molar-refractivity contribution in [1.29, 1.82) is 0 Å². The average molecular weight is 278 g/mol. The molecule has 1 aliphatic carbocycles. The summed E-state index contributed by atoms with van der Waals surface area (Å²) in [5.74, 6) is 0.812. The van der Waals surface area contributed by atoms with E-state index in [1.807, 2.05) is 0 Å². The van der Waals surface area contributed by atoms with Gasteiger partial charge in [0.25, 0.3) is 6.01 Å². The summed E-state index contributed by atoms with van der Waals surface area (Å²) in [5.41, 5.74) is 1.03. The Morgan fingerprint density at radius 2 is 2.05 bits per heavy atom. The van der Waals surface area contributed by atoms with Crippen LogP contribution < -0.4 is 10.2 Å². The third kappa shape index (κ3) is 3.73. The van der Waals surface area contributed by atoms with Gasteiger partial charge in [0.1, 0.15) is 6.26 Å². The minimum absolute atomic E-state index is 0.719. The molecule has 5 heteroatoms. The van der Waals surface area contributed by atoms with Crippen LogP contribution in [-0.2, 0) is 6.54 Å². The Balaban J connectivity index is 1.47. The third-order valence-electron chi connectivity index (χ3n) is 4.20. The van der Waals surface area contributed by atoms with Gasteiger partial charge >= 0.3 is 0 Å². The fourth-order valence-electron chi connectivity index (χ4n) is 2.88. The first-order valence-corrected chi connectivity index (χ1v) is 7.78. The molecule has 0 radical (unpaired) electrons. The second-order valence-electron chi connectivity index (χ2n) is 6.47. The van der Waals surface area contributed by atoms with Crippen molar-refractivity contribution in [3.63, 3.8) is 0 Å². The molecule has 1 aliphatic heterocycles. The van der Waals surface area contributed by atoms with Gasteiger partial charge in [-0.25, -0.2) is 0 Å². The van der Waals surface area contributed by atoms with Crippen LogP contribution in [0.25, 0.3) is 0 Å². The molecule has 0 atom stereocenters. The van der Waals surface area contributed by atoms with Crippen LogP contribution >= 0.6 is 0 Å². The monoisotopic (exact) mass is 278 g/mol. The molecule has 3 rings (SSSR count). The van der Waals surface area contributed by atoms with Gasteiger partial charge in [0.15, 0.2) is 0 Å². The van der Waals surface area contributed by atoms with E-state index in [-0.39, 0.29) is 0 Å². The fraction of sp³-hybridized carbons (Fsp3) is 0.800. The zero-order valence-corrected chi connectivity index (χ0v) is 12.6. The number of hydrogen-bond donors (Lipinski definition) is 1. The van der Waals surface area contributed by atoms with Gasteiger partial charge in [-0.1, -0.05) is 0 Å². The predicted molar refractivity (Wildman–Crippen MR) is 79.9 cm³/mol. The summed E-state index contributed by atoms with van der Waals surface area (Å²) >= 11 is 0. The first-order chi connectivity index (χ1) is 9.70. The molecule has 2 fully saturated rings. The second kappa shape index (κ2) is 6.14. The van der Waals surface area contributed by atoms with Crippen LogP contribution in [0.2, 0.25) is 0 Å². The lowest BCUT2D eigenvalue weighted by Gasteiger charge is -2.32. The molecular weight excluding hydrogens is 252 g/mol. The highest BCUT2D eigenvalue weighted by Gasteiger charge is 2.23. The SMILES string of the molecule is CN(C)CC1CCN(c2nc(CNC3CC3)co2)CC1. The highest BCUT2D eigenvalue weighted by Crippen LogP contribution is 2.24. The average Bonchev–Trinajstić information content (AvgIpc) is 3.14. The Labute approximate surface area is 121 Å². The summed E-state index contributed by atoms with van der Waals surface area (Å²) in [5, 5.41) is 3.47. The van der Waals surface area contributed by atoms with Crippen molar-refractivity contribution in [2.75, 3.05) is 38.6 Å². The molecule has 112 valence electrons. The van der Waals surface area contributed by atoms with Crippen LogP contribution in [-0.4, -0.2) is 49.7 Å². The van der Waals surface area contributed by atoms with Crippen molar-refractivity contribution in [3.05, 3.63) is 12.0 Å². The highest BCUT2D eigenvalue weighted by molar-refractivity contribution is 5.27. The van der Waals surface area contributed by atoms with Crippen molar-refractivity contribution >= 4 is 6.01 Å². The Hall–Kier alpha value is -1.07. The van der Waals surface area contributed by atoms with E-state index >= 15 is 0 Å². The number of nitrogens with zero attached hydrogens (tertiary/aromatic N) is 3. The molecule has 1 saturated carbocycles. The molecule has 0 spiro atoms. The number of rotatable bonds is 6. The summed E-state index contributed by atoms with van der Waals surface area (Å²) in [6.45, 7) is 4.16. The summed E-state index contributed by atoms with van der Waals surface area (Å²) in [6, 6.07) is 1.53. The first kappa shape index (κ1) is 13.9. The molecule has 0 aromatic carbocycles. The normalized spacial score (nSPS) is 20.9. The number of oxazole rings is 1. The van der Waals surface area contributed by atoms with Gasteiger partial charge in [0.2, 0.25) is 0 Å². The molecule has 0 bridgehead atoms.